The molecule has 6 nitrogen and oxygen atoms in total. The lowest BCUT2D eigenvalue weighted by Gasteiger charge is -2.20. The summed E-state index contributed by atoms with van der Waals surface area (Å²) in [5.41, 5.74) is 0. The summed E-state index contributed by atoms with van der Waals surface area (Å²) in [6.45, 7) is 6.06. The molecule has 1 aromatic rings. The summed E-state index contributed by atoms with van der Waals surface area (Å²) in [5.74, 6) is 0. The Morgan fingerprint density at radius 1 is 1.25 bits per heavy atom. The third kappa shape index (κ3) is 5.27. The minimum atomic E-state index is -3.60. The van der Waals surface area contributed by atoms with Crippen molar-refractivity contribution in [3.05, 3.63) is 10.7 Å². The Bertz CT molecular complexity index is 482. The maximum atomic E-state index is 12.5. The molecule has 116 valence electrons. The summed E-state index contributed by atoms with van der Waals surface area (Å²) in [5, 5.41) is 0. The van der Waals surface area contributed by atoms with Gasteiger partial charge in [0, 0.05) is 26.3 Å². The van der Waals surface area contributed by atoms with Crippen LogP contribution in [-0.2, 0) is 19.5 Å². The van der Waals surface area contributed by atoms with Gasteiger partial charge in [0.15, 0.2) is 8.68 Å². The van der Waals surface area contributed by atoms with Crippen LogP contribution >= 0.6 is 22.9 Å². The molecule has 0 saturated heterocycles. The van der Waals surface area contributed by atoms with E-state index < -0.39 is 10.0 Å². The number of nitrogens with zero attached hydrogens (tertiary/aromatic N) is 2. The van der Waals surface area contributed by atoms with Crippen LogP contribution in [0.25, 0.3) is 0 Å². The van der Waals surface area contributed by atoms with Gasteiger partial charge in [-0.25, -0.2) is 13.4 Å². The molecule has 0 aliphatic heterocycles. The maximum absolute atomic E-state index is 12.5. The second kappa shape index (κ2) is 8.91. The SMILES string of the molecule is CCOCCN(CCOCC)S(=O)(=O)c1cnc(Cl)s1. The fourth-order valence-corrected chi connectivity index (χ4v) is 4.32. The van der Waals surface area contributed by atoms with Gasteiger partial charge in [0.05, 0.1) is 19.4 Å². The van der Waals surface area contributed by atoms with Gasteiger partial charge >= 0.3 is 0 Å². The molecular formula is C11H19ClN2O4S2. The van der Waals surface area contributed by atoms with E-state index in [2.05, 4.69) is 4.98 Å². The van der Waals surface area contributed by atoms with Crippen LogP contribution in [0.2, 0.25) is 4.47 Å². The van der Waals surface area contributed by atoms with Gasteiger partial charge in [0.25, 0.3) is 10.0 Å². The Labute approximate surface area is 128 Å². The Morgan fingerprint density at radius 3 is 2.20 bits per heavy atom. The van der Waals surface area contributed by atoms with Gasteiger partial charge in [-0.3, -0.25) is 0 Å². The topological polar surface area (TPSA) is 68.7 Å². The van der Waals surface area contributed by atoms with Crippen LogP contribution in [0, 0.1) is 0 Å². The van der Waals surface area contributed by atoms with Crippen molar-refractivity contribution in [3.63, 3.8) is 0 Å². The van der Waals surface area contributed by atoms with Crippen molar-refractivity contribution in [1.82, 2.24) is 9.29 Å². The number of rotatable bonds is 10. The first kappa shape index (κ1) is 17.8. The quantitative estimate of drug-likeness (QED) is 0.607. The summed E-state index contributed by atoms with van der Waals surface area (Å²) in [6.07, 6.45) is 1.27. The monoisotopic (exact) mass is 342 g/mol. The second-order valence-corrected chi connectivity index (χ2v) is 7.51. The molecule has 0 aliphatic rings. The van der Waals surface area contributed by atoms with E-state index in [0.29, 0.717) is 26.4 Å². The van der Waals surface area contributed by atoms with Crippen molar-refractivity contribution in [2.45, 2.75) is 18.1 Å². The van der Waals surface area contributed by atoms with Crippen LogP contribution < -0.4 is 0 Å². The minimum Gasteiger partial charge on any atom is -0.380 e. The molecule has 0 fully saturated rings. The molecule has 0 spiro atoms. The van der Waals surface area contributed by atoms with Crippen molar-refractivity contribution < 1.29 is 17.9 Å². The maximum Gasteiger partial charge on any atom is 0.254 e. The van der Waals surface area contributed by atoms with E-state index in [1.807, 2.05) is 13.8 Å². The summed E-state index contributed by atoms with van der Waals surface area (Å²) in [7, 11) is -3.60. The van der Waals surface area contributed by atoms with Crippen molar-refractivity contribution in [2.24, 2.45) is 0 Å². The fourth-order valence-electron chi connectivity index (χ4n) is 1.46. The van der Waals surface area contributed by atoms with Crippen LogP contribution in [0.5, 0.6) is 0 Å². The normalized spacial score (nSPS) is 12.2. The average molecular weight is 343 g/mol. The smallest absolute Gasteiger partial charge is 0.254 e. The van der Waals surface area contributed by atoms with Crippen molar-refractivity contribution in [3.8, 4) is 0 Å². The van der Waals surface area contributed by atoms with E-state index in [4.69, 9.17) is 21.1 Å². The van der Waals surface area contributed by atoms with Gasteiger partial charge in [-0.1, -0.05) is 22.9 Å². The third-order valence-corrected chi connectivity index (χ3v) is 5.88. The zero-order chi connectivity index (χ0) is 15.0. The summed E-state index contributed by atoms with van der Waals surface area (Å²) < 4.78 is 37.0. The van der Waals surface area contributed by atoms with E-state index in [9.17, 15) is 8.42 Å². The van der Waals surface area contributed by atoms with E-state index in [1.165, 1.54) is 10.5 Å². The first-order chi connectivity index (χ1) is 9.52. The van der Waals surface area contributed by atoms with Crippen LogP contribution in [0.1, 0.15) is 13.8 Å². The van der Waals surface area contributed by atoms with E-state index in [0.717, 1.165) is 11.3 Å². The zero-order valence-electron chi connectivity index (χ0n) is 11.5. The van der Waals surface area contributed by atoms with Crippen molar-refractivity contribution in [1.29, 1.82) is 0 Å². The van der Waals surface area contributed by atoms with Gasteiger partial charge in [0.1, 0.15) is 0 Å². The highest BCUT2D eigenvalue weighted by atomic mass is 35.5. The van der Waals surface area contributed by atoms with Gasteiger partial charge < -0.3 is 9.47 Å². The number of aromatic nitrogens is 1. The highest BCUT2D eigenvalue weighted by Crippen LogP contribution is 2.25. The Morgan fingerprint density at radius 2 is 1.80 bits per heavy atom. The van der Waals surface area contributed by atoms with Crippen LogP contribution in [0.4, 0.5) is 0 Å². The zero-order valence-corrected chi connectivity index (χ0v) is 13.9. The first-order valence-electron chi connectivity index (χ1n) is 6.29. The number of ether oxygens (including phenoxy) is 2. The molecule has 1 heterocycles. The molecular weight excluding hydrogens is 324 g/mol. The van der Waals surface area contributed by atoms with Crippen LogP contribution in [-0.4, -0.2) is 57.2 Å². The lowest BCUT2D eigenvalue weighted by atomic mass is 10.6. The molecule has 0 saturated carbocycles. The number of hydrogen-bond acceptors (Lipinski definition) is 6. The highest BCUT2D eigenvalue weighted by molar-refractivity contribution is 7.91. The molecule has 0 aromatic carbocycles. The molecule has 0 unspecified atom stereocenters. The molecule has 0 bridgehead atoms. The van der Waals surface area contributed by atoms with Crippen LogP contribution in [0.15, 0.2) is 10.4 Å². The predicted octanol–water partition coefficient (Wildman–Crippen LogP) is 1.86. The Balaban J connectivity index is 2.78. The summed E-state index contributed by atoms with van der Waals surface area (Å²) >= 11 is 6.64. The lowest BCUT2D eigenvalue weighted by Crippen LogP contribution is -2.36. The van der Waals surface area contributed by atoms with E-state index in [-0.39, 0.29) is 21.8 Å². The molecule has 0 amide bonds. The van der Waals surface area contributed by atoms with E-state index >= 15 is 0 Å². The predicted molar refractivity (Wildman–Crippen MR) is 78.9 cm³/mol. The van der Waals surface area contributed by atoms with Gasteiger partial charge in [0.2, 0.25) is 0 Å². The molecule has 1 rings (SSSR count). The number of halogens is 1. The lowest BCUT2D eigenvalue weighted by molar-refractivity contribution is 0.110. The molecule has 0 aliphatic carbocycles. The fraction of sp³-hybridized carbons (Fsp3) is 0.727. The summed E-state index contributed by atoms with van der Waals surface area (Å²) in [4.78, 5) is 3.77. The largest absolute Gasteiger partial charge is 0.380 e. The summed E-state index contributed by atoms with van der Waals surface area (Å²) in [6, 6.07) is 0. The molecule has 0 radical (unpaired) electrons. The number of sulfonamides is 1. The molecule has 0 N–H and O–H groups in total. The molecule has 0 atom stereocenters. The van der Waals surface area contributed by atoms with Crippen LogP contribution in [0.3, 0.4) is 0 Å². The molecule has 20 heavy (non-hydrogen) atoms. The second-order valence-electron chi connectivity index (χ2n) is 3.73. The van der Waals surface area contributed by atoms with Gasteiger partial charge in [-0.05, 0) is 13.8 Å². The Kier molecular flexibility index (Phi) is 7.93. The molecule has 1 aromatic heterocycles. The van der Waals surface area contributed by atoms with Gasteiger partial charge in [-0.15, -0.1) is 0 Å². The average Bonchev–Trinajstić information content (AvgIpc) is 2.84. The first-order valence-corrected chi connectivity index (χ1v) is 8.92. The standard InChI is InChI=1S/C11H19ClN2O4S2/c1-3-17-7-5-14(6-8-18-4-2)20(15,16)10-9-13-11(12)19-10/h9H,3-8H2,1-2H3. The highest BCUT2D eigenvalue weighted by Gasteiger charge is 2.26. The van der Waals surface area contributed by atoms with Crippen molar-refractivity contribution in [2.75, 3.05) is 39.5 Å². The molecule has 9 heteroatoms. The Hall–Kier alpha value is -0.250. The number of thiazole rings is 1. The van der Waals surface area contributed by atoms with E-state index in [1.54, 1.807) is 0 Å². The van der Waals surface area contributed by atoms with Gasteiger partial charge in [-0.2, -0.15) is 4.31 Å². The van der Waals surface area contributed by atoms with Crippen molar-refractivity contribution >= 4 is 33.0 Å². The third-order valence-electron chi connectivity index (χ3n) is 2.43. The number of hydrogen-bond donors (Lipinski definition) is 0. The minimum absolute atomic E-state index is 0.135.